The quantitative estimate of drug-likeness (QED) is 0.233. The van der Waals surface area contributed by atoms with Crippen molar-refractivity contribution in [3.05, 3.63) is 76.5 Å². The van der Waals surface area contributed by atoms with Crippen molar-refractivity contribution >= 4 is 28.3 Å². The highest BCUT2D eigenvalue weighted by Crippen LogP contribution is 2.37. The van der Waals surface area contributed by atoms with E-state index in [1.165, 1.54) is 32.3 Å². The number of nitrogens with zero attached hydrogens (tertiary/aromatic N) is 4. The Bertz CT molecular complexity index is 1470. The van der Waals surface area contributed by atoms with E-state index in [1.807, 2.05) is 0 Å². The smallest absolute Gasteiger partial charge is 0.262 e. The lowest BCUT2D eigenvalue weighted by atomic mass is 10.00. The van der Waals surface area contributed by atoms with E-state index in [0.29, 0.717) is 0 Å². The molecule has 4 rings (SSSR count). The van der Waals surface area contributed by atoms with E-state index < -0.39 is 48.0 Å². The van der Waals surface area contributed by atoms with Crippen molar-refractivity contribution in [3.8, 4) is 11.3 Å². The van der Waals surface area contributed by atoms with Gasteiger partial charge >= 0.3 is 0 Å². The van der Waals surface area contributed by atoms with Gasteiger partial charge in [-0.1, -0.05) is 17.7 Å². The molecule has 3 heterocycles. The molecule has 4 N–H and O–H groups in total. The van der Waals surface area contributed by atoms with E-state index in [0.717, 1.165) is 24.4 Å². The molecule has 4 aromatic rings. The molecule has 13 heteroatoms. The van der Waals surface area contributed by atoms with E-state index in [4.69, 9.17) is 11.6 Å². The van der Waals surface area contributed by atoms with E-state index in [9.17, 15) is 32.9 Å². The molecule has 0 spiro atoms. The van der Waals surface area contributed by atoms with Gasteiger partial charge < -0.3 is 20.6 Å². The van der Waals surface area contributed by atoms with Crippen LogP contribution in [0.3, 0.4) is 0 Å². The molecular formula is C25H22ClF4N5O3. The normalized spacial score (nSPS) is 13.7. The zero-order valence-corrected chi connectivity index (χ0v) is 20.8. The fourth-order valence-corrected chi connectivity index (χ4v) is 3.91. The van der Waals surface area contributed by atoms with Gasteiger partial charge in [-0.05, 0) is 31.5 Å². The number of fused-ring (bicyclic) bond motifs is 1. The van der Waals surface area contributed by atoms with Gasteiger partial charge in [0.25, 0.3) is 6.43 Å². The largest absolute Gasteiger partial charge is 0.393 e. The van der Waals surface area contributed by atoms with Crippen LogP contribution >= 0.6 is 11.6 Å². The summed E-state index contributed by atoms with van der Waals surface area (Å²) in [7, 11) is 0. The number of benzene rings is 1. The molecule has 200 valence electrons. The molecule has 0 saturated carbocycles. The van der Waals surface area contributed by atoms with E-state index >= 15 is 0 Å². The summed E-state index contributed by atoms with van der Waals surface area (Å²) in [5.74, 6) is -1.71. The number of alkyl halides is 2. The van der Waals surface area contributed by atoms with Gasteiger partial charge in [-0.25, -0.2) is 32.5 Å². The first-order valence-corrected chi connectivity index (χ1v) is 11.6. The molecule has 0 bridgehead atoms. The highest BCUT2D eigenvalue weighted by Gasteiger charge is 2.29. The maximum atomic E-state index is 15.0. The maximum absolute atomic E-state index is 15.0. The number of hydrogen-bond acceptors (Lipinski definition) is 8. The molecule has 0 radical (unpaired) electrons. The number of aromatic nitrogens is 4. The van der Waals surface area contributed by atoms with Gasteiger partial charge in [-0.3, -0.25) is 4.98 Å². The summed E-state index contributed by atoms with van der Waals surface area (Å²) in [4.78, 5) is 16.3. The fourth-order valence-electron chi connectivity index (χ4n) is 3.72. The van der Waals surface area contributed by atoms with Crippen molar-refractivity contribution < 1.29 is 32.9 Å². The van der Waals surface area contributed by atoms with Crippen molar-refractivity contribution in [1.82, 2.24) is 19.9 Å². The van der Waals surface area contributed by atoms with Crippen LogP contribution < -0.4 is 5.32 Å². The zero-order valence-electron chi connectivity index (χ0n) is 20.0. The highest BCUT2D eigenvalue weighted by molar-refractivity contribution is 6.34. The van der Waals surface area contributed by atoms with Crippen molar-refractivity contribution in [2.24, 2.45) is 0 Å². The zero-order chi connectivity index (χ0) is 27.8. The molecule has 1 aromatic carbocycles. The number of aliphatic hydroxyl groups excluding tert-OH is 2. The Morgan fingerprint density at radius 3 is 2.32 bits per heavy atom. The Labute approximate surface area is 219 Å². The van der Waals surface area contributed by atoms with Gasteiger partial charge in [0.1, 0.15) is 34.8 Å². The number of pyridine rings is 2. The third-order valence-corrected chi connectivity index (χ3v) is 5.97. The number of hydrogen-bond donors (Lipinski definition) is 4. The van der Waals surface area contributed by atoms with Crippen molar-refractivity contribution in [3.63, 3.8) is 0 Å². The van der Waals surface area contributed by atoms with Crippen LogP contribution in [0.2, 0.25) is 5.02 Å². The highest BCUT2D eigenvalue weighted by atomic mass is 35.5. The fraction of sp³-hybridized carbons (Fsp3) is 0.280. The SMILES string of the molecule is CC(C)(O)c1ncc(-c2nc3c(NC(c4cc(C(O)CO)ccc4F)C(F)F)c(Cl)cnc3cc2F)cn1. The van der Waals surface area contributed by atoms with Crippen LogP contribution in [0.15, 0.2) is 42.9 Å². The van der Waals surface area contributed by atoms with Crippen LogP contribution in [0.1, 0.15) is 42.9 Å². The molecule has 2 unspecified atom stereocenters. The van der Waals surface area contributed by atoms with Crippen LogP contribution in [-0.2, 0) is 5.60 Å². The van der Waals surface area contributed by atoms with Gasteiger partial charge in [-0.15, -0.1) is 0 Å². The van der Waals surface area contributed by atoms with Crippen LogP contribution in [-0.4, -0.2) is 48.3 Å². The van der Waals surface area contributed by atoms with E-state index in [2.05, 4.69) is 25.3 Å². The Balaban J connectivity index is 1.82. The predicted molar refractivity (Wildman–Crippen MR) is 132 cm³/mol. The number of rotatable bonds is 8. The first-order chi connectivity index (χ1) is 17.9. The Hall–Kier alpha value is -3.45. The summed E-state index contributed by atoms with van der Waals surface area (Å²) < 4.78 is 58.1. The van der Waals surface area contributed by atoms with Crippen LogP contribution in [0.25, 0.3) is 22.3 Å². The monoisotopic (exact) mass is 551 g/mol. The minimum Gasteiger partial charge on any atom is -0.393 e. The lowest BCUT2D eigenvalue weighted by Gasteiger charge is -2.23. The first-order valence-electron chi connectivity index (χ1n) is 11.2. The molecular weight excluding hydrogens is 530 g/mol. The van der Waals surface area contributed by atoms with Gasteiger partial charge in [-0.2, -0.15) is 0 Å². The van der Waals surface area contributed by atoms with Gasteiger partial charge in [0.15, 0.2) is 11.6 Å². The van der Waals surface area contributed by atoms with E-state index in [1.54, 1.807) is 0 Å². The molecule has 38 heavy (non-hydrogen) atoms. The Morgan fingerprint density at radius 1 is 1.03 bits per heavy atom. The summed E-state index contributed by atoms with van der Waals surface area (Å²) in [6, 6.07) is 2.14. The predicted octanol–water partition coefficient (Wildman–Crippen LogP) is 4.69. The number of anilines is 1. The second-order valence-electron chi connectivity index (χ2n) is 8.96. The number of halogens is 5. The molecule has 0 amide bonds. The third kappa shape index (κ3) is 5.53. The minimum atomic E-state index is -3.16. The molecule has 0 saturated heterocycles. The second-order valence-corrected chi connectivity index (χ2v) is 9.37. The maximum Gasteiger partial charge on any atom is 0.262 e. The average Bonchev–Trinajstić information content (AvgIpc) is 2.87. The van der Waals surface area contributed by atoms with Crippen molar-refractivity contribution in [2.45, 2.75) is 38.0 Å². The minimum absolute atomic E-state index is 0.0230. The van der Waals surface area contributed by atoms with E-state index in [-0.39, 0.29) is 44.4 Å². The molecule has 2 atom stereocenters. The molecule has 0 aliphatic carbocycles. The van der Waals surface area contributed by atoms with Crippen LogP contribution in [0.4, 0.5) is 23.2 Å². The standard InChI is InChI=1S/C25H22ClF4N5O3/c1-25(2,38)24-32-7-12(8-33-24)19-16(28)6-17-22(34-19)21(14(26)9-31-17)35-20(23(29)30)13-5-11(18(37)10-36)3-4-15(13)27/h3-9,18,20,23,36-38H,10H2,1-2H3,(H,31,35). The van der Waals surface area contributed by atoms with Gasteiger partial charge in [0.2, 0.25) is 0 Å². The number of nitrogens with one attached hydrogen (secondary N) is 1. The van der Waals surface area contributed by atoms with Crippen molar-refractivity contribution in [2.75, 3.05) is 11.9 Å². The average molecular weight is 552 g/mol. The summed E-state index contributed by atoms with van der Waals surface area (Å²) >= 11 is 6.27. The van der Waals surface area contributed by atoms with Crippen LogP contribution in [0.5, 0.6) is 0 Å². The molecule has 3 aromatic heterocycles. The molecule has 0 aliphatic heterocycles. The number of aliphatic hydroxyl groups is 3. The van der Waals surface area contributed by atoms with Gasteiger partial charge in [0, 0.05) is 35.8 Å². The topological polar surface area (TPSA) is 124 Å². The second kappa shape index (κ2) is 10.7. The Morgan fingerprint density at radius 2 is 1.71 bits per heavy atom. The van der Waals surface area contributed by atoms with Gasteiger partial charge in [0.05, 0.1) is 22.8 Å². The summed E-state index contributed by atoms with van der Waals surface area (Å²) in [6.45, 7) is 2.26. The van der Waals surface area contributed by atoms with Crippen LogP contribution in [0, 0.1) is 11.6 Å². The lowest BCUT2D eigenvalue weighted by molar-refractivity contribution is 0.0687. The lowest BCUT2D eigenvalue weighted by Crippen LogP contribution is -2.21. The molecule has 8 nitrogen and oxygen atoms in total. The molecule has 0 fully saturated rings. The Kier molecular flexibility index (Phi) is 7.79. The third-order valence-electron chi connectivity index (χ3n) is 5.69. The molecule has 0 aliphatic rings. The summed E-state index contributed by atoms with van der Waals surface area (Å²) in [5, 5.41) is 31.5. The first kappa shape index (κ1) is 27.6. The summed E-state index contributed by atoms with van der Waals surface area (Å²) in [6.07, 6.45) is -0.960. The van der Waals surface area contributed by atoms with Crippen molar-refractivity contribution in [1.29, 1.82) is 0 Å². The summed E-state index contributed by atoms with van der Waals surface area (Å²) in [5.41, 5.74) is -2.19.